The van der Waals surface area contributed by atoms with E-state index in [9.17, 15) is 9.90 Å². The summed E-state index contributed by atoms with van der Waals surface area (Å²) in [7, 11) is 0. The summed E-state index contributed by atoms with van der Waals surface area (Å²) in [5.41, 5.74) is 2.53. The average molecular weight is 455 g/mol. The minimum atomic E-state index is -0.520. The molecule has 8 atom stereocenters. The molecule has 0 bridgehead atoms. The molecule has 1 N–H and O–H groups in total. The van der Waals surface area contributed by atoms with Gasteiger partial charge in [0.15, 0.2) is 0 Å². The van der Waals surface area contributed by atoms with Crippen molar-refractivity contribution in [3.63, 3.8) is 0 Å². The third-order valence-corrected chi connectivity index (χ3v) is 13.6. The number of aliphatic carboxylic acids is 1. The third-order valence-electron chi connectivity index (χ3n) is 13.6. The second-order valence-corrected chi connectivity index (χ2v) is 15.4. The van der Waals surface area contributed by atoms with Crippen molar-refractivity contribution in [1.29, 1.82) is 0 Å². The Morgan fingerprint density at radius 1 is 0.879 bits per heavy atom. The zero-order valence-corrected chi connectivity index (χ0v) is 22.8. The fourth-order valence-electron chi connectivity index (χ4n) is 10.8. The summed E-state index contributed by atoms with van der Waals surface area (Å²) in [5, 5.41) is 10.5. The molecule has 1 unspecified atom stereocenters. The quantitative estimate of drug-likeness (QED) is 0.403. The minimum Gasteiger partial charge on any atom is -0.481 e. The number of hydrogen-bond acceptors (Lipinski definition) is 1. The van der Waals surface area contributed by atoms with E-state index in [0.29, 0.717) is 10.8 Å². The number of carboxylic acid groups (broad SMARTS) is 1. The van der Waals surface area contributed by atoms with Gasteiger partial charge in [-0.3, -0.25) is 4.79 Å². The van der Waals surface area contributed by atoms with E-state index in [2.05, 4.69) is 61.5 Å². The molecule has 0 aromatic heterocycles. The van der Waals surface area contributed by atoms with Crippen LogP contribution < -0.4 is 0 Å². The van der Waals surface area contributed by atoms with Gasteiger partial charge in [0.1, 0.15) is 0 Å². The number of carbonyl (C=O) groups is 1. The van der Waals surface area contributed by atoms with Gasteiger partial charge in [-0.15, -0.1) is 0 Å². The Bertz CT molecular complexity index is 881. The first-order chi connectivity index (χ1) is 15.1. The van der Waals surface area contributed by atoms with Crippen molar-refractivity contribution in [2.45, 2.75) is 120 Å². The molecule has 0 aliphatic heterocycles. The number of hydrogen-bond donors (Lipinski definition) is 1. The van der Waals surface area contributed by atoms with Crippen LogP contribution in [0.1, 0.15) is 120 Å². The number of rotatable bonds is 1. The van der Waals surface area contributed by atoms with Crippen molar-refractivity contribution in [3.8, 4) is 0 Å². The van der Waals surface area contributed by atoms with E-state index in [0.717, 1.165) is 49.9 Å². The number of allylic oxidation sites excluding steroid dienone is 2. The van der Waals surface area contributed by atoms with E-state index in [4.69, 9.17) is 0 Å². The van der Waals surface area contributed by atoms with Gasteiger partial charge >= 0.3 is 5.97 Å². The standard InChI is InChI=1S/C31H50O2/c1-20-11-13-28(6)23(27(20,4)5)12-14-30(8)24(28)10-9-21-22-19-26(2,3)15-17-31(22,25(32)33)18-16-29(21,30)7/h9,20,22-24H,10-19H2,1-8H3,(H,32,33)/t20-,22?,23-,24+,28-,29+,30+,31-/m0/s1. The highest BCUT2D eigenvalue weighted by Crippen LogP contribution is 2.76. The normalized spacial score (nSPS) is 52.4. The monoisotopic (exact) mass is 454 g/mol. The lowest BCUT2D eigenvalue weighted by Gasteiger charge is -2.71. The average Bonchev–Trinajstić information content (AvgIpc) is 2.71. The van der Waals surface area contributed by atoms with Crippen LogP contribution in [0.4, 0.5) is 0 Å². The molecule has 33 heavy (non-hydrogen) atoms. The van der Waals surface area contributed by atoms with Crippen LogP contribution in [-0.2, 0) is 4.79 Å². The second-order valence-electron chi connectivity index (χ2n) is 15.4. The Morgan fingerprint density at radius 3 is 2.21 bits per heavy atom. The molecule has 5 rings (SSSR count). The molecule has 0 aromatic rings. The number of fused-ring (bicyclic) bond motifs is 7. The second kappa shape index (κ2) is 6.91. The SMILES string of the molecule is C[C@H]1CC[C@]2(C)[C@H]3CC=C4C5CC(C)(C)CC[C@]5(C(=O)O)CC[C@@]4(C)[C@]3(C)CC[C@H]2C1(C)C. The Hall–Kier alpha value is -0.790. The smallest absolute Gasteiger partial charge is 0.310 e. The van der Waals surface area contributed by atoms with Crippen LogP contribution in [0.5, 0.6) is 0 Å². The molecular formula is C31H50O2. The maximum atomic E-state index is 12.8. The summed E-state index contributed by atoms with van der Waals surface area (Å²) in [6.07, 6.45) is 14.1. The van der Waals surface area contributed by atoms with Gasteiger partial charge in [0.2, 0.25) is 0 Å². The van der Waals surface area contributed by atoms with Crippen molar-refractivity contribution < 1.29 is 9.90 Å². The van der Waals surface area contributed by atoms with Crippen molar-refractivity contribution in [2.24, 2.45) is 56.2 Å². The molecule has 186 valence electrons. The van der Waals surface area contributed by atoms with E-state index in [1.54, 1.807) is 5.57 Å². The molecule has 5 aliphatic rings. The van der Waals surface area contributed by atoms with Crippen molar-refractivity contribution in [3.05, 3.63) is 11.6 Å². The van der Waals surface area contributed by atoms with Gasteiger partial charge in [-0.2, -0.15) is 0 Å². The fourth-order valence-corrected chi connectivity index (χ4v) is 10.8. The Morgan fingerprint density at radius 2 is 1.55 bits per heavy atom. The molecule has 4 saturated carbocycles. The Balaban J connectivity index is 1.60. The van der Waals surface area contributed by atoms with Gasteiger partial charge in [0.25, 0.3) is 0 Å². The molecule has 2 nitrogen and oxygen atoms in total. The van der Waals surface area contributed by atoms with Gasteiger partial charge in [-0.25, -0.2) is 0 Å². The van der Waals surface area contributed by atoms with Crippen molar-refractivity contribution in [1.82, 2.24) is 0 Å². The third kappa shape index (κ3) is 2.88. The van der Waals surface area contributed by atoms with E-state index >= 15 is 0 Å². The molecule has 2 heteroatoms. The van der Waals surface area contributed by atoms with Crippen LogP contribution >= 0.6 is 0 Å². The largest absolute Gasteiger partial charge is 0.481 e. The van der Waals surface area contributed by atoms with Gasteiger partial charge < -0.3 is 5.11 Å². The van der Waals surface area contributed by atoms with E-state index in [1.807, 2.05) is 0 Å². The summed E-state index contributed by atoms with van der Waals surface area (Å²) >= 11 is 0. The van der Waals surface area contributed by atoms with Crippen LogP contribution in [0.2, 0.25) is 0 Å². The lowest BCUT2D eigenvalue weighted by Crippen LogP contribution is -2.64. The molecule has 4 fully saturated rings. The number of carboxylic acids is 1. The Kier molecular flexibility index (Phi) is 5.01. The highest BCUT2D eigenvalue weighted by molar-refractivity contribution is 5.76. The fraction of sp³-hybridized carbons (Fsp3) is 0.903. The molecule has 0 saturated heterocycles. The first kappa shape index (κ1) is 23.9. The van der Waals surface area contributed by atoms with Crippen LogP contribution in [0.15, 0.2) is 11.6 Å². The van der Waals surface area contributed by atoms with Crippen LogP contribution in [0, 0.1) is 56.2 Å². The predicted molar refractivity (Wildman–Crippen MR) is 136 cm³/mol. The Labute approximate surface area is 203 Å². The molecule has 0 aromatic carbocycles. The van der Waals surface area contributed by atoms with E-state index in [-0.39, 0.29) is 22.2 Å². The minimum absolute atomic E-state index is 0.147. The summed E-state index contributed by atoms with van der Waals surface area (Å²) in [5.74, 6) is 2.04. The topological polar surface area (TPSA) is 37.3 Å². The molecule has 0 heterocycles. The molecule has 0 radical (unpaired) electrons. The lowest BCUT2D eigenvalue weighted by atomic mass is 9.33. The summed E-state index contributed by atoms with van der Waals surface area (Å²) < 4.78 is 0. The zero-order valence-electron chi connectivity index (χ0n) is 22.8. The molecule has 0 amide bonds. The van der Waals surface area contributed by atoms with Crippen molar-refractivity contribution >= 4 is 5.97 Å². The summed E-state index contributed by atoms with van der Waals surface area (Å²) in [6.45, 7) is 20.2. The summed E-state index contributed by atoms with van der Waals surface area (Å²) in [4.78, 5) is 12.8. The van der Waals surface area contributed by atoms with Crippen LogP contribution in [-0.4, -0.2) is 11.1 Å². The van der Waals surface area contributed by atoms with Gasteiger partial charge in [-0.05, 0) is 115 Å². The van der Waals surface area contributed by atoms with E-state index in [1.165, 1.54) is 32.1 Å². The molecular weight excluding hydrogens is 404 g/mol. The maximum Gasteiger partial charge on any atom is 0.310 e. The van der Waals surface area contributed by atoms with E-state index < -0.39 is 11.4 Å². The van der Waals surface area contributed by atoms with Crippen LogP contribution in [0.25, 0.3) is 0 Å². The van der Waals surface area contributed by atoms with Gasteiger partial charge in [-0.1, -0.05) is 67.0 Å². The molecule has 5 aliphatic carbocycles. The first-order valence-corrected chi connectivity index (χ1v) is 14.1. The molecule has 0 spiro atoms. The first-order valence-electron chi connectivity index (χ1n) is 14.1. The van der Waals surface area contributed by atoms with Crippen molar-refractivity contribution in [2.75, 3.05) is 0 Å². The highest BCUT2D eigenvalue weighted by Gasteiger charge is 2.68. The highest BCUT2D eigenvalue weighted by atomic mass is 16.4. The summed E-state index contributed by atoms with van der Waals surface area (Å²) in [6, 6.07) is 0. The van der Waals surface area contributed by atoms with Gasteiger partial charge in [0.05, 0.1) is 5.41 Å². The predicted octanol–water partition coefficient (Wildman–Crippen LogP) is 8.51. The zero-order chi connectivity index (χ0) is 24.2. The maximum absolute atomic E-state index is 12.8. The van der Waals surface area contributed by atoms with Gasteiger partial charge in [0, 0.05) is 0 Å². The van der Waals surface area contributed by atoms with Crippen LogP contribution in [0.3, 0.4) is 0 Å². The lowest BCUT2D eigenvalue weighted by molar-refractivity contribution is -0.195.